The summed E-state index contributed by atoms with van der Waals surface area (Å²) in [4.78, 5) is 12.5. The third-order valence-corrected chi connectivity index (χ3v) is 5.24. The molecule has 1 aliphatic heterocycles. The summed E-state index contributed by atoms with van der Waals surface area (Å²) >= 11 is 0. The first kappa shape index (κ1) is 18.5. The number of ether oxygens (including phenoxy) is 3. The van der Waals surface area contributed by atoms with Crippen LogP contribution in [0.25, 0.3) is 0 Å². The van der Waals surface area contributed by atoms with Crippen LogP contribution >= 0.6 is 0 Å². The van der Waals surface area contributed by atoms with E-state index in [-0.39, 0.29) is 24.1 Å². The number of hydrogen-bond donors (Lipinski definition) is 1. The third-order valence-electron chi connectivity index (χ3n) is 5.24. The number of carbonyl (C=O) groups excluding carboxylic acids is 1. The van der Waals surface area contributed by atoms with Crippen molar-refractivity contribution in [3.63, 3.8) is 0 Å². The van der Waals surface area contributed by atoms with Gasteiger partial charge in [-0.25, -0.2) is 4.39 Å². The van der Waals surface area contributed by atoms with Crippen molar-refractivity contribution in [2.45, 2.75) is 38.1 Å². The Morgan fingerprint density at radius 1 is 1.00 bits per heavy atom. The molecule has 0 radical (unpaired) electrons. The van der Waals surface area contributed by atoms with E-state index in [4.69, 9.17) is 18.6 Å². The Morgan fingerprint density at radius 3 is 2.57 bits per heavy atom. The number of rotatable bonds is 5. The first-order chi connectivity index (χ1) is 14.6. The zero-order valence-electron chi connectivity index (χ0n) is 16.2. The number of hydrogen-bond acceptors (Lipinski definition) is 5. The van der Waals surface area contributed by atoms with E-state index in [1.807, 2.05) is 6.07 Å². The van der Waals surface area contributed by atoms with Crippen LogP contribution in [0.5, 0.6) is 17.2 Å². The predicted molar refractivity (Wildman–Crippen MR) is 106 cm³/mol. The summed E-state index contributed by atoms with van der Waals surface area (Å²) in [5, 5.41) is 2.81. The zero-order chi connectivity index (χ0) is 20.6. The number of furan rings is 1. The Morgan fingerprint density at radius 2 is 1.77 bits per heavy atom. The normalized spacial score (nSPS) is 16.0. The average Bonchev–Trinajstić information content (AvgIpc) is 3.47. The van der Waals surface area contributed by atoms with Crippen molar-refractivity contribution in [2.24, 2.45) is 0 Å². The van der Waals surface area contributed by atoms with Gasteiger partial charge in [0.2, 0.25) is 0 Å². The molecule has 1 spiro atoms. The maximum Gasteiger partial charge on any atom is 0.291 e. The first-order valence-corrected chi connectivity index (χ1v) is 9.89. The van der Waals surface area contributed by atoms with Crippen molar-refractivity contribution in [2.75, 3.05) is 5.32 Å². The van der Waals surface area contributed by atoms with Gasteiger partial charge in [0, 0.05) is 24.6 Å². The van der Waals surface area contributed by atoms with Crippen LogP contribution in [-0.2, 0) is 6.61 Å². The van der Waals surface area contributed by atoms with Gasteiger partial charge in [-0.05, 0) is 61.4 Å². The summed E-state index contributed by atoms with van der Waals surface area (Å²) in [6, 6.07) is 14.3. The highest BCUT2D eigenvalue weighted by atomic mass is 19.1. The van der Waals surface area contributed by atoms with Crippen LogP contribution in [0.15, 0.2) is 59.0 Å². The third kappa shape index (κ3) is 3.70. The highest BCUT2D eigenvalue weighted by molar-refractivity contribution is 6.02. The Balaban J connectivity index is 1.21. The number of carbonyl (C=O) groups is 1. The Labute approximate surface area is 172 Å². The van der Waals surface area contributed by atoms with Crippen LogP contribution in [-0.4, -0.2) is 11.7 Å². The van der Waals surface area contributed by atoms with E-state index in [9.17, 15) is 9.18 Å². The van der Waals surface area contributed by atoms with Gasteiger partial charge in [0.1, 0.15) is 23.9 Å². The van der Waals surface area contributed by atoms with Gasteiger partial charge in [-0.15, -0.1) is 0 Å². The lowest BCUT2D eigenvalue weighted by atomic mass is 10.2. The van der Waals surface area contributed by atoms with Crippen LogP contribution in [0, 0.1) is 5.82 Å². The van der Waals surface area contributed by atoms with E-state index in [0.29, 0.717) is 28.7 Å². The molecule has 2 heterocycles. The molecule has 5 rings (SSSR count). The van der Waals surface area contributed by atoms with Gasteiger partial charge < -0.3 is 23.9 Å². The molecule has 7 heteroatoms. The average molecular weight is 409 g/mol. The van der Waals surface area contributed by atoms with Crippen molar-refractivity contribution < 1.29 is 27.8 Å². The van der Waals surface area contributed by atoms with E-state index >= 15 is 0 Å². The number of amides is 1. The maximum atomic E-state index is 12.9. The molecule has 0 bridgehead atoms. The van der Waals surface area contributed by atoms with Crippen molar-refractivity contribution >= 4 is 11.6 Å². The minimum Gasteiger partial charge on any atom is -0.486 e. The lowest BCUT2D eigenvalue weighted by Crippen LogP contribution is -2.34. The summed E-state index contributed by atoms with van der Waals surface area (Å²) in [6.45, 7) is 0.130. The first-order valence-electron chi connectivity index (χ1n) is 9.89. The molecule has 1 aliphatic carbocycles. The van der Waals surface area contributed by atoms with Crippen LogP contribution in [0.3, 0.4) is 0 Å². The predicted octanol–water partition coefficient (Wildman–Crippen LogP) is 5.29. The highest BCUT2D eigenvalue weighted by Crippen LogP contribution is 2.47. The molecular weight excluding hydrogens is 389 g/mol. The monoisotopic (exact) mass is 409 g/mol. The Bertz CT molecular complexity index is 1070. The Kier molecular flexibility index (Phi) is 4.58. The molecule has 1 fully saturated rings. The summed E-state index contributed by atoms with van der Waals surface area (Å²) in [5.74, 6) is 1.26. The lowest BCUT2D eigenvalue weighted by molar-refractivity contribution is -0.0716. The van der Waals surface area contributed by atoms with Crippen LogP contribution in [0.2, 0.25) is 0 Å². The summed E-state index contributed by atoms with van der Waals surface area (Å²) in [7, 11) is 0. The fourth-order valence-corrected chi connectivity index (χ4v) is 3.74. The smallest absolute Gasteiger partial charge is 0.291 e. The second kappa shape index (κ2) is 7.40. The molecule has 2 aliphatic rings. The maximum absolute atomic E-state index is 12.9. The molecule has 1 N–H and O–H groups in total. The van der Waals surface area contributed by atoms with Gasteiger partial charge in [0.05, 0.1) is 0 Å². The number of nitrogens with one attached hydrogen (secondary N) is 1. The fourth-order valence-electron chi connectivity index (χ4n) is 3.74. The van der Waals surface area contributed by atoms with E-state index in [1.165, 1.54) is 24.3 Å². The number of benzene rings is 2. The molecule has 30 heavy (non-hydrogen) atoms. The van der Waals surface area contributed by atoms with E-state index in [0.717, 1.165) is 25.7 Å². The molecule has 1 saturated carbocycles. The number of fused-ring (bicyclic) bond motifs is 1. The van der Waals surface area contributed by atoms with E-state index < -0.39 is 5.79 Å². The molecular formula is C23H20FNO5. The van der Waals surface area contributed by atoms with E-state index in [1.54, 1.807) is 24.3 Å². The molecule has 6 nitrogen and oxygen atoms in total. The van der Waals surface area contributed by atoms with Crippen molar-refractivity contribution in [3.05, 3.63) is 71.9 Å². The standard InChI is InChI=1S/C23H20FNO5/c24-15-3-6-17(7-4-15)27-14-18-8-10-20(28-18)22(26)25-16-5-9-19-21(13-16)30-23(29-19)11-1-2-12-23/h3-10,13H,1-2,11-12,14H2,(H,25,26). The molecule has 0 saturated heterocycles. The minimum atomic E-state index is -0.536. The van der Waals surface area contributed by atoms with Gasteiger partial charge >= 0.3 is 0 Å². The lowest BCUT2D eigenvalue weighted by Gasteiger charge is -2.21. The summed E-state index contributed by atoms with van der Waals surface area (Å²) < 4.78 is 36.1. The molecule has 154 valence electrons. The van der Waals surface area contributed by atoms with Crippen molar-refractivity contribution in [3.8, 4) is 17.2 Å². The SMILES string of the molecule is O=C(Nc1ccc2c(c1)OC1(CCCC1)O2)c1ccc(COc2ccc(F)cc2)o1. The molecule has 2 aromatic carbocycles. The summed E-state index contributed by atoms with van der Waals surface area (Å²) in [5.41, 5.74) is 0.595. The van der Waals surface area contributed by atoms with Gasteiger partial charge in [-0.2, -0.15) is 0 Å². The second-order valence-electron chi connectivity index (χ2n) is 7.45. The van der Waals surface area contributed by atoms with Crippen molar-refractivity contribution in [1.29, 1.82) is 0 Å². The Hall–Kier alpha value is -3.48. The van der Waals surface area contributed by atoms with Gasteiger partial charge in [-0.3, -0.25) is 4.79 Å². The molecule has 1 aromatic heterocycles. The summed E-state index contributed by atoms with van der Waals surface area (Å²) in [6.07, 6.45) is 3.92. The fraction of sp³-hybridized carbons (Fsp3) is 0.261. The number of halogens is 1. The molecule has 1 amide bonds. The van der Waals surface area contributed by atoms with Gasteiger partial charge in [-0.1, -0.05) is 0 Å². The highest BCUT2D eigenvalue weighted by Gasteiger charge is 2.44. The van der Waals surface area contributed by atoms with Crippen LogP contribution in [0.4, 0.5) is 10.1 Å². The second-order valence-corrected chi connectivity index (χ2v) is 7.45. The van der Waals surface area contributed by atoms with Crippen LogP contribution < -0.4 is 19.5 Å². The largest absolute Gasteiger partial charge is 0.486 e. The van der Waals surface area contributed by atoms with Gasteiger partial charge in [0.15, 0.2) is 17.3 Å². The molecule has 0 unspecified atom stereocenters. The zero-order valence-corrected chi connectivity index (χ0v) is 16.2. The van der Waals surface area contributed by atoms with E-state index in [2.05, 4.69) is 5.32 Å². The quantitative estimate of drug-likeness (QED) is 0.620. The van der Waals surface area contributed by atoms with Crippen molar-refractivity contribution in [1.82, 2.24) is 0 Å². The van der Waals surface area contributed by atoms with Gasteiger partial charge in [0.25, 0.3) is 11.7 Å². The molecule has 3 aromatic rings. The minimum absolute atomic E-state index is 0.130. The topological polar surface area (TPSA) is 69.9 Å². The molecule has 0 atom stereocenters. The number of anilines is 1. The van der Waals surface area contributed by atoms with Crippen LogP contribution in [0.1, 0.15) is 42.0 Å².